The summed E-state index contributed by atoms with van der Waals surface area (Å²) < 4.78 is 32.3. The van der Waals surface area contributed by atoms with Gasteiger partial charge in [0.1, 0.15) is 5.69 Å². The van der Waals surface area contributed by atoms with E-state index < -0.39 is 15.9 Å². The fourth-order valence-corrected chi connectivity index (χ4v) is 4.69. The van der Waals surface area contributed by atoms with E-state index >= 15 is 0 Å². The second kappa shape index (κ2) is 8.58. The number of ether oxygens (including phenoxy) is 1. The minimum atomic E-state index is -3.59. The molecule has 1 heterocycles. The highest BCUT2D eigenvalue weighted by molar-refractivity contribution is 7.92. The molecular formula is C21H25N3O6S2. The van der Waals surface area contributed by atoms with E-state index in [0.29, 0.717) is 20.7 Å². The lowest BCUT2D eigenvalue weighted by molar-refractivity contribution is 0.0300. The maximum atomic E-state index is 13.1. The first-order chi connectivity index (χ1) is 14.8. The average molecular weight is 480 g/mol. The summed E-state index contributed by atoms with van der Waals surface area (Å²) in [5.41, 5.74) is 1.12. The Labute approximate surface area is 190 Å². The Morgan fingerprint density at radius 1 is 1.12 bits per heavy atom. The number of nitrogens with zero attached hydrogens (tertiary/aromatic N) is 1. The van der Waals surface area contributed by atoms with Gasteiger partial charge >= 0.3 is 0 Å². The second-order valence-corrected chi connectivity index (χ2v) is 11.1. The number of carbonyl (C=O) groups excluding carboxylic acids is 1. The topological polar surface area (TPSA) is 128 Å². The summed E-state index contributed by atoms with van der Waals surface area (Å²) in [5.74, 6) is -0.273. The Balaban J connectivity index is 2.07. The number of rotatable bonds is 6. The minimum absolute atomic E-state index is 0.00963. The van der Waals surface area contributed by atoms with E-state index in [0.717, 1.165) is 11.8 Å². The average Bonchev–Trinajstić information content (AvgIpc) is 3.10. The van der Waals surface area contributed by atoms with Crippen molar-refractivity contribution in [2.45, 2.75) is 26.2 Å². The molecule has 4 N–H and O–H groups in total. The Bertz CT molecular complexity index is 1280. The summed E-state index contributed by atoms with van der Waals surface area (Å²) in [4.78, 5) is 13.4. The molecule has 3 aromatic rings. The standard InChI is InChI=1S/C21H25N3O6S2/c1-21(2,3)12-9-14(19(30-4)15(10-12)23-32(5,28)29)22-20(25)18-11-13-16(24(26)27)7-6-8-17(13)31-18/h6-11,23,26-27H,1-5H3,(H,22,25). The van der Waals surface area contributed by atoms with Crippen LogP contribution in [0.4, 0.5) is 17.1 Å². The summed E-state index contributed by atoms with van der Waals surface area (Å²) in [6, 6.07) is 9.90. The van der Waals surface area contributed by atoms with Crippen LogP contribution >= 0.6 is 11.3 Å². The first kappa shape index (κ1) is 23.8. The van der Waals surface area contributed by atoms with E-state index in [-0.39, 0.29) is 27.8 Å². The van der Waals surface area contributed by atoms with Crippen LogP contribution in [0.3, 0.4) is 0 Å². The van der Waals surface area contributed by atoms with Crippen LogP contribution in [0.15, 0.2) is 36.4 Å². The van der Waals surface area contributed by atoms with Gasteiger partial charge in [-0.15, -0.1) is 16.6 Å². The molecule has 0 aliphatic heterocycles. The number of methoxy groups -OCH3 is 1. The molecule has 0 spiro atoms. The Morgan fingerprint density at radius 2 is 1.78 bits per heavy atom. The quantitative estimate of drug-likeness (QED) is 0.385. The van der Waals surface area contributed by atoms with Crippen LogP contribution in [-0.4, -0.2) is 38.1 Å². The SMILES string of the molecule is COc1c(NC(=O)c2cc3c(N(O)O)cccc3s2)cc(C(C)(C)C)cc1NS(C)(=O)=O. The van der Waals surface area contributed by atoms with Gasteiger partial charge in [0.25, 0.3) is 5.91 Å². The van der Waals surface area contributed by atoms with Gasteiger partial charge in [-0.2, -0.15) is 0 Å². The van der Waals surface area contributed by atoms with Crippen LogP contribution in [0.5, 0.6) is 5.75 Å². The monoisotopic (exact) mass is 479 g/mol. The molecule has 32 heavy (non-hydrogen) atoms. The van der Waals surface area contributed by atoms with Crippen molar-refractivity contribution in [2.75, 3.05) is 28.6 Å². The van der Waals surface area contributed by atoms with Crippen molar-refractivity contribution in [3.05, 3.63) is 46.8 Å². The molecule has 0 fully saturated rings. The molecule has 0 saturated carbocycles. The lowest BCUT2D eigenvalue weighted by Gasteiger charge is -2.23. The molecule has 0 aliphatic rings. The van der Waals surface area contributed by atoms with Crippen molar-refractivity contribution in [1.82, 2.24) is 0 Å². The Morgan fingerprint density at radius 3 is 2.34 bits per heavy atom. The van der Waals surface area contributed by atoms with Gasteiger partial charge < -0.3 is 10.1 Å². The number of anilines is 3. The van der Waals surface area contributed by atoms with Gasteiger partial charge in [-0.3, -0.25) is 19.9 Å². The van der Waals surface area contributed by atoms with E-state index in [1.54, 1.807) is 30.3 Å². The van der Waals surface area contributed by atoms with Gasteiger partial charge in [-0.25, -0.2) is 8.42 Å². The van der Waals surface area contributed by atoms with Gasteiger partial charge in [0.2, 0.25) is 10.0 Å². The zero-order valence-corrected chi connectivity index (χ0v) is 19.9. The Kier molecular flexibility index (Phi) is 6.38. The molecule has 0 atom stereocenters. The maximum Gasteiger partial charge on any atom is 0.265 e. The minimum Gasteiger partial charge on any atom is -0.492 e. The zero-order valence-electron chi connectivity index (χ0n) is 18.3. The van der Waals surface area contributed by atoms with Crippen LogP contribution in [-0.2, 0) is 15.4 Å². The fourth-order valence-electron chi connectivity index (χ4n) is 3.17. The molecule has 1 aromatic heterocycles. The van der Waals surface area contributed by atoms with E-state index in [1.165, 1.54) is 24.5 Å². The predicted molar refractivity (Wildman–Crippen MR) is 126 cm³/mol. The van der Waals surface area contributed by atoms with Gasteiger partial charge in [0.15, 0.2) is 5.75 Å². The lowest BCUT2D eigenvalue weighted by Crippen LogP contribution is -2.18. The molecule has 9 nitrogen and oxygen atoms in total. The zero-order chi connectivity index (χ0) is 23.8. The van der Waals surface area contributed by atoms with Gasteiger partial charge in [-0.1, -0.05) is 26.8 Å². The molecule has 0 bridgehead atoms. The maximum absolute atomic E-state index is 13.1. The van der Waals surface area contributed by atoms with Crippen LogP contribution in [0.25, 0.3) is 10.1 Å². The summed E-state index contributed by atoms with van der Waals surface area (Å²) in [5, 5.41) is 22.2. The van der Waals surface area contributed by atoms with Crippen molar-refractivity contribution in [1.29, 1.82) is 0 Å². The number of hydrogen-bond acceptors (Lipinski definition) is 8. The number of nitrogens with one attached hydrogen (secondary N) is 2. The summed E-state index contributed by atoms with van der Waals surface area (Å²) in [7, 11) is -2.21. The molecule has 172 valence electrons. The number of thiophene rings is 1. The number of fused-ring (bicyclic) bond motifs is 1. The smallest absolute Gasteiger partial charge is 0.265 e. The highest BCUT2D eigenvalue weighted by Gasteiger charge is 2.23. The van der Waals surface area contributed by atoms with Crippen molar-refractivity contribution < 1.29 is 28.4 Å². The normalized spacial score (nSPS) is 12.0. The second-order valence-electron chi connectivity index (χ2n) is 8.27. The van der Waals surface area contributed by atoms with Crippen molar-refractivity contribution in [2.24, 2.45) is 0 Å². The van der Waals surface area contributed by atoms with Crippen LogP contribution in [0, 0.1) is 0 Å². The number of hydrogen-bond donors (Lipinski definition) is 4. The number of benzene rings is 2. The third-order valence-corrected chi connectivity index (χ3v) is 6.37. The molecule has 1 amide bonds. The third-order valence-electron chi connectivity index (χ3n) is 4.68. The number of amides is 1. The van der Waals surface area contributed by atoms with E-state index in [2.05, 4.69) is 10.0 Å². The largest absolute Gasteiger partial charge is 0.492 e. The first-order valence-electron chi connectivity index (χ1n) is 9.52. The fraction of sp³-hybridized carbons (Fsp3) is 0.286. The van der Waals surface area contributed by atoms with Crippen molar-refractivity contribution in [3.63, 3.8) is 0 Å². The lowest BCUT2D eigenvalue weighted by atomic mass is 9.86. The predicted octanol–water partition coefficient (Wildman–Crippen LogP) is 4.42. The van der Waals surface area contributed by atoms with Gasteiger partial charge in [-0.05, 0) is 41.3 Å². The molecular weight excluding hydrogens is 454 g/mol. The summed E-state index contributed by atoms with van der Waals surface area (Å²) in [6.45, 7) is 5.90. The summed E-state index contributed by atoms with van der Waals surface area (Å²) >= 11 is 1.18. The molecule has 0 aliphatic carbocycles. The van der Waals surface area contributed by atoms with Crippen molar-refractivity contribution in [3.8, 4) is 5.75 Å². The number of carbonyl (C=O) groups is 1. The Hall–Kier alpha value is -2.86. The first-order valence-corrected chi connectivity index (χ1v) is 12.2. The number of sulfonamides is 1. The molecule has 2 aromatic carbocycles. The molecule has 0 radical (unpaired) electrons. The van der Waals surface area contributed by atoms with Crippen LogP contribution in [0.2, 0.25) is 0 Å². The highest BCUT2D eigenvalue weighted by Crippen LogP contribution is 2.40. The van der Waals surface area contributed by atoms with E-state index in [9.17, 15) is 23.6 Å². The van der Waals surface area contributed by atoms with E-state index in [4.69, 9.17) is 4.74 Å². The molecule has 11 heteroatoms. The molecule has 3 rings (SSSR count). The third kappa shape index (κ3) is 5.13. The highest BCUT2D eigenvalue weighted by atomic mass is 32.2. The van der Waals surface area contributed by atoms with E-state index in [1.807, 2.05) is 20.8 Å². The molecule has 0 saturated heterocycles. The van der Waals surface area contributed by atoms with Gasteiger partial charge in [0, 0.05) is 10.1 Å². The molecule has 0 unspecified atom stereocenters. The van der Waals surface area contributed by atoms with Crippen LogP contribution in [0.1, 0.15) is 36.0 Å². The van der Waals surface area contributed by atoms with Crippen molar-refractivity contribution >= 4 is 54.4 Å². The summed E-state index contributed by atoms with van der Waals surface area (Å²) in [6.07, 6.45) is 1.04. The van der Waals surface area contributed by atoms with Crippen LogP contribution < -0.4 is 20.0 Å². The van der Waals surface area contributed by atoms with Gasteiger partial charge in [0.05, 0.1) is 29.6 Å².